The Labute approximate surface area is 112 Å². The monoisotopic (exact) mass is 268 g/mol. The van der Waals surface area contributed by atoms with Crippen LogP contribution in [0.4, 0.5) is 4.39 Å². The number of carbonyl (C=O) groups excluding carboxylic acids is 1. The first-order valence-corrected chi connectivity index (χ1v) is 6.74. The van der Waals surface area contributed by atoms with Gasteiger partial charge in [0, 0.05) is 17.4 Å². The Hall–Kier alpha value is -0.890. The van der Waals surface area contributed by atoms with Gasteiger partial charge in [-0.3, -0.25) is 4.79 Å². The van der Waals surface area contributed by atoms with Crippen molar-refractivity contribution in [2.75, 3.05) is 0 Å². The molecule has 0 bridgehead atoms. The first-order valence-electron chi connectivity index (χ1n) is 6.37. The molecule has 2 rings (SSSR count). The minimum Gasteiger partial charge on any atom is -0.299 e. The van der Waals surface area contributed by atoms with Gasteiger partial charge in [-0.05, 0) is 36.0 Å². The maximum atomic E-state index is 12.9. The van der Waals surface area contributed by atoms with E-state index in [-0.39, 0.29) is 22.9 Å². The molecule has 0 aliphatic heterocycles. The third kappa shape index (κ3) is 2.74. The Morgan fingerprint density at radius 2 is 2.22 bits per heavy atom. The lowest BCUT2D eigenvalue weighted by molar-refractivity contribution is -0.124. The molecule has 1 unspecified atom stereocenters. The lowest BCUT2D eigenvalue weighted by atomic mass is 9.78. The van der Waals surface area contributed by atoms with Crippen molar-refractivity contribution in [2.24, 2.45) is 11.3 Å². The smallest absolute Gasteiger partial charge is 0.140 e. The number of halogens is 2. The van der Waals surface area contributed by atoms with Gasteiger partial charge in [0.15, 0.2) is 0 Å². The van der Waals surface area contributed by atoms with Crippen LogP contribution in [0.15, 0.2) is 18.2 Å². The van der Waals surface area contributed by atoms with Gasteiger partial charge < -0.3 is 0 Å². The molecule has 0 N–H and O–H groups in total. The highest BCUT2D eigenvalue weighted by Gasteiger charge is 2.38. The average Bonchev–Trinajstić information content (AvgIpc) is 2.62. The molecule has 1 aliphatic carbocycles. The number of rotatable bonds is 3. The fourth-order valence-electron chi connectivity index (χ4n) is 2.90. The number of benzene rings is 1. The van der Waals surface area contributed by atoms with E-state index >= 15 is 0 Å². The highest BCUT2D eigenvalue weighted by Crippen LogP contribution is 2.43. The van der Waals surface area contributed by atoms with E-state index in [1.54, 1.807) is 6.07 Å². The zero-order chi connectivity index (χ0) is 13.3. The molecular weight excluding hydrogens is 251 g/mol. The summed E-state index contributed by atoms with van der Waals surface area (Å²) >= 11 is 5.96. The number of hydrogen-bond acceptors (Lipinski definition) is 1. The van der Waals surface area contributed by atoms with Gasteiger partial charge >= 0.3 is 0 Å². The Morgan fingerprint density at radius 3 is 2.78 bits per heavy atom. The van der Waals surface area contributed by atoms with Crippen LogP contribution in [0, 0.1) is 17.2 Å². The molecule has 0 saturated heterocycles. The van der Waals surface area contributed by atoms with Crippen molar-refractivity contribution in [3.63, 3.8) is 0 Å². The van der Waals surface area contributed by atoms with Crippen LogP contribution < -0.4 is 0 Å². The van der Waals surface area contributed by atoms with E-state index in [1.807, 2.05) is 0 Å². The van der Waals surface area contributed by atoms with Crippen molar-refractivity contribution in [3.8, 4) is 0 Å². The summed E-state index contributed by atoms with van der Waals surface area (Å²) in [6, 6.07) is 4.23. The van der Waals surface area contributed by atoms with Gasteiger partial charge in [0.1, 0.15) is 11.6 Å². The summed E-state index contributed by atoms with van der Waals surface area (Å²) in [6.45, 7) is 4.30. The molecule has 0 heterocycles. The predicted octanol–water partition coefficient (Wildman–Crippen LogP) is 4.42. The minimum atomic E-state index is -0.364. The Bertz CT molecular complexity index is 468. The molecule has 0 radical (unpaired) electrons. The summed E-state index contributed by atoms with van der Waals surface area (Å²) in [6.07, 6.45) is 3.49. The van der Waals surface area contributed by atoms with Gasteiger partial charge in [0.05, 0.1) is 0 Å². The lowest BCUT2D eigenvalue weighted by Crippen LogP contribution is -2.27. The zero-order valence-corrected chi connectivity index (χ0v) is 11.6. The molecule has 18 heavy (non-hydrogen) atoms. The summed E-state index contributed by atoms with van der Waals surface area (Å²) in [5.74, 6) is -0.0259. The zero-order valence-electron chi connectivity index (χ0n) is 10.8. The van der Waals surface area contributed by atoms with Crippen molar-refractivity contribution in [2.45, 2.75) is 39.5 Å². The van der Waals surface area contributed by atoms with Crippen LogP contribution in [0.2, 0.25) is 5.02 Å². The van der Waals surface area contributed by atoms with E-state index in [0.717, 1.165) is 24.8 Å². The summed E-state index contributed by atoms with van der Waals surface area (Å²) in [5, 5.41) is 0.346. The molecule has 1 nitrogen and oxygen atoms in total. The molecule has 98 valence electrons. The van der Waals surface area contributed by atoms with Crippen molar-refractivity contribution in [3.05, 3.63) is 34.6 Å². The summed E-state index contributed by atoms with van der Waals surface area (Å²) < 4.78 is 12.9. The molecule has 0 spiro atoms. The molecule has 1 aliphatic rings. The van der Waals surface area contributed by atoms with Crippen molar-refractivity contribution < 1.29 is 9.18 Å². The molecule has 1 aromatic carbocycles. The van der Waals surface area contributed by atoms with Gasteiger partial charge in [0.2, 0.25) is 0 Å². The van der Waals surface area contributed by atoms with Gasteiger partial charge in [-0.1, -0.05) is 37.9 Å². The van der Waals surface area contributed by atoms with Gasteiger partial charge in [0.25, 0.3) is 0 Å². The lowest BCUT2D eigenvalue weighted by Gasteiger charge is -2.25. The van der Waals surface area contributed by atoms with Crippen LogP contribution in [-0.4, -0.2) is 5.78 Å². The molecule has 0 aromatic heterocycles. The summed E-state index contributed by atoms with van der Waals surface area (Å²) in [4.78, 5) is 12.3. The molecular formula is C15H18ClFO. The fourth-order valence-corrected chi connectivity index (χ4v) is 3.13. The minimum absolute atomic E-state index is 0.0869. The standard InChI is InChI=1S/C15H18ClFO/c1-15(2)7-3-4-12(15)14(18)8-10-5-6-11(17)9-13(10)16/h5-6,9,12H,3-4,7-8H2,1-2H3. The second-order valence-electron chi connectivity index (χ2n) is 5.81. The van der Waals surface area contributed by atoms with Crippen LogP contribution >= 0.6 is 11.6 Å². The topological polar surface area (TPSA) is 17.1 Å². The van der Waals surface area contributed by atoms with Crippen molar-refractivity contribution >= 4 is 17.4 Å². The average molecular weight is 269 g/mol. The van der Waals surface area contributed by atoms with E-state index in [4.69, 9.17) is 11.6 Å². The fraction of sp³-hybridized carbons (Fsp3) is 0.533. The molecule has 0 amide bonds. The molecule has 3 heteroatoms. The van der Waals surface area contributed by atoms with Crippen molar-refractivity contribution in [1.82, 2.24) is 0 Å². The number of carbonyl (C=O) groups is 1. The van der Waals surface area contributed by atoms with Crippen LogP contribution in [0.5, 0.6) is 0 Å². The summed E-state index contributed by atoms with van der Waals surface area (Å²) in [5.41, 5.74) is 0.814. The van der Waals surface area contributed by atoms with Gasteiger partial charge in [-0.25, -0.2) is 4.39 Å². The second kappa shape index (κ2) is 5.00. The maximum Gasteiger partial charge on any atom is 0.140 e. The molecule has 1 atom stereocenters. The highest BCUT2D eigenvalue weighted by atomic mass is 35.5. The Morgan fingerprint density at radius 1 is 1.50 bits per heavy atom. The Balaban J connectivity index is 2.12. The first kappa shape index (κ1) is 13.5. The molecule has 1 aromatic rings. The van der Waals surface area contributed by atoms with Crippen LogP contribution in [0.25, 0.3) is 0 Å². The second-order valence-corrected chi connectivity index (χ2v) is 6.22. The predicted molar refractivity (Wildman–Crippen MR) is 71.2 cm³/mol. The highest BCUT2D eigenvalue weighted by molar-refractivity contribution is 6.31. The third-order valence-electron chi connectivity index (χ3n) is 4.03. The van der Waals surface area contributed by atoms with Crippen LogP contribution in [0.1, 0.15) is 38.7 Å². The molecule has 1 saturated carbocycles. The third-order valence-corrected chi connectivity index (χ3v) is 4.38. The quantitative estimate of drug-likeness (QED) is 0.793. The largest absolute Gasteiger partial charge is 0.299 e. The van der Waals surface area contributed by atoms with E-state index in [2.05, 4.69) is 13.8 Å². The van der Waals surface area contributed by atoms with E-state index in [0.29, 0.717) is 11.4 Å². The van der Waals surface area contributed by atoms with Crippen LogP contribution in [0.3, 0.4) is 0 Å². The van der Waals surface area contributed by atoms with E-state index in [9.17, 15) is 9.18 Å². The van der Waals surface area contributed by atoms with Gasteiger partial charge in [-0.2, -0.15) is 0 Å². The SMILES string of the molecule is CC1(C)CCCC1C(=O)Cc1ccc(F)cc1Cl. The Kier molecular flexibility index (Phi) is 3.76. The van der Waals surface area contributed by atoms with E-state index < -0.39 is 0 Å². The summed E-state index contributed by atoms with van der Waals surface area (Å²) in [7, 11) is 0. The van der Waals surface area contributed by atoms with Gasteiger partial charge in [-0.15, -0.1) is 0 Å². The number of Topliss-reactive ketones (excluding diaryl/α,β-unsaturated/α-hetero) is 1. The van der Waals surface area contributed by atoms with Crippen molar-refractivity contribution in [1.29, 1.82) is 0 Å². The van der Waals surface area contributed by atoms with Crippen LogP contribution in [-0.2, 0) is 11.2 Å². The number of ketones is 1. The number of hydrogen-bond donors (Lipinski definition) is 0. The normalized spacial score (nSPS) is 22.1. The molecule has 1 fully saturated rings. The first-order chi connectivity index (χ1) is 8.40. The maximum absolute atomic E-state index is 12.9. The van der Waals surface area contributed by atoms with E-state index in [1.165, 1.54) is 12.1 Å².